The van der Waals surface area contributed by atoms with Crippen molar-refractivity contribution < 1.29 is 19.4 Å². The highest BCUT2D eigenvalue weighted by Gasteiger charge is 2.17. The number of hydrogen-bond donors (Lipinski definition) is 1. The third-order valence-electron chi connectivity index (χ3n) is 4.17. The molecule has 0 aliphatic rings. The first kappa shape index (κ1) is 20.5. The molecule has 0 fully saturated rings. The molecule has 1 aromatic rings. The molecule has 0 heterocycles. The zero-order valence-electron chi connectivity index (χ0n) is 15.2. The zero-order chi connectivity index (χ0) is 17.6. The van der Waals surface area contributed by atoms with Crippen LogP contribution in [0.2, 0.25) is 0 Å². The van der Waals surface area contributed by atoms with E-state index in [1.165, 1.54) is 32.1 Å². The van der Waals surface area contributed by atoms with Gasteiger partial charge in [-0.3, -0.25) is 0 Å². The molecule has 0 spiro atoms. The SMILES string of the molecule is CCOC(=O)c1c(CCCCCCCCCCO)cccc1OC. The van der Waals surface area contributed by atoms with Crippen molar-refractivity contribution in [2.75, 3.05) is 20.3 Å². The van der Waals surface area contributed by atoms with E-state index >= 15 is 0 Å². The van der Waals surface area contributed by atoms with E-state index in [9.17, 15) is 4.79 Å². The topological polar surface area (TPSA) is 55.8 Å². The summed E-state index contributed by atoms with van der Waals surface area (Å²) in [5.74, 6) is 0.295. The molecule has 0 radical (unpaired) electrons. The van der Waals surface area contributed by atoms with Crippen LogP contribution in [0.25, 0.3) is 0 Å². The van der Waals surface area contributed by atoms with Gasteiger partial charge in [0.1, 0.15) is 11.3 Å². The predicted molar refractivity (Wildman–Crippen MR) is 96.7 cm³/mol. The Labute approximate surface area is 146 Å². The molecule has 0 aliphatic carbocycles. The summed E-state index contributed by atoms with van der Waals surface area (Å²) in [6, 6.07) is 5.73. The number of aliphatic hydroxyl groups excluding tert-OH is 1. The molecule has 0 unspecified atom stereocenters. The molecule has 0 bridgehead atoms. The lowest BCUT2D eigenvalue weighted by molar-refractivity contribution is 0.0521. The van der Waals surface area contributed by atoms with E-state index in [1.807, 2.05) is 25.1 Å². The molecule has 4 heteroatoms. The van der Waals surface area contributed by atoms with Gasteiger partial charge in [-0.2, -0.15) is 0 Å². The summed E-state index contributed by atoms with van der Waals surface area (Å²) in [6.07, 6.45) is 10.1. The van der Waals surface area contributed by atoms with Crippen molar-refractivity contribution in [3.8, 4) is 5.75 Å². The minimum Gasteiger partial charge on any atom is -0.496 e. The second-order valence-corrected chi connectivity index (χ2v) is 6.02. The van der Waals surface area contributed by atoms with Crippen molar-refractivity contribution in [1.29, 1.82) is 0 Å². The number of benzene rings is 1. The number of methoxy groups -OCH3 is 1. The summed E-state index contributed by atoms with van der Waals surface area (Å²) in [4.78, 5) is 12.2. The zero-order valence-corrected chi connectivity index (χ0v) is 15.2. The molecular weight excluding hydrogens is 304 g/mol. The lowest BCUT2D eigenvalue weighted by Gasteiger charge is -2.13. The smallest absolute Gasteiger partial charge is 0.342 e. The van der Waals surface area contributed by atoms with Gasteiger partial charge in [0, 0.05) is 6.61 Å². The van der Waals surface area contributed by atoms with E-state index < -0.39 is 0 Å². The molecule has 24 heavy (non-hydrogen) atoms. The average Bonchev–Trinajstić information content (AvgIpc) is 2.60. The average molecular weight is 336 g/mol. The molecule has 4 nitrogen and oxygen atoms in total. The number of unbranched alkanes of at least 4 members (excludes halogenated alkanes) is 7. The lowest BCUT2D eigenvalue weighted by Crippen LogP contribution is -2.10. The number of esters is 1. The van der Waals surface area contributed by atoms with Crippen molar-refractivity contribution >= 4 is 5.97 Å². The summed E-state index contributed by atoms with van der Waals surface area (Å²) in [5.41, 5.74) is 1.58. The van der Waals surface area contributed by atoms with Gasteiger partial charge in [0.2, 0.25) is 0 Å². The maximum absolute atomic E-state index is 12.2. The number of aryl methyl sites for hydroxylation is 1. The van der Waals surface area contributed by atoms with Crippen LogP contribution in [0.1, 0.15) is 74.2 Å². The fourth-order valence-corrected chi connectivity index (χ4v) is 2.88. The molecule has 0 atom stereocenters. The van der Waals surface area contributed by atoms with Crippen molar-refractivity contribution in [3.05, 3.63) is 29.3 Å². The molecule has 0 aliphatic heterocycles. The van der Waals surface area contributed by atoms with Crippen LogP contribution >= 0.6 is 0 Å². The van der Waals surface area contributed by atoms with Crippen LogP contribution in [-0.4, -0.2) is 31.4 Å². The van der Waals surface area contributed by atoms with Gasteiger partial charge in [-0.25, -0.2) is 4.79 Å². The van der Waals surface area contributed by atoms with Crippen LogP contribution in [-0.2, 0) is 11.2 Å². The van der Waals surface area contributed by atoms with E-state index in [-0.39, 0.29) is 5.97 Å². The second kappa shape index (κ2) is 12.8. The van der Waals surface area contributed by atoms with Gasteiger partial charge in [-0.05, 0) is 37.8 Å². The molecule has 1 N–H and O–H groups in total. The normalized spacial score (nSPS) is 10.6. The molecule has 1 aromatic carbocycles. The predicted octanol–water partition coefficient (Wildman–Crippen LogP) is 4.53. The Morgan fingerprint density at radius 1 is 1.00 bits per heavy atom. The number of ether oxygens (including phenoxy) is 2. The molecule has 136 valence electrons. The second-order valence-electron chi connectivity index (χ2n) is 6.02. The standard InChI is InChI=1S/C20H32O4/c1-3-24-20(22)19-17(14-12-15-18(19)23-2)13-10-8-6-4-5-7-9-11-16-21/h12,14-15,21H,3-11,13,16H2,1-2H3. The Hall–Kier alpha value is -1.55. The number of carbonyl (C=O) groups excluding carboxylic acids is 1. The van der Waals surface area contributed by atoms with Gasteiger partial charge in [-0.15, -0.1) is 0 Å². The van der Waals surface area contributed by atoms with E-state index in [4.69, 9.17) is 14.6 Å². The van der Waals surface area contributed by atoms with Crippen molar-refractivity contribution in [1.82, 2.24) is 0 Å². The molecule has 0 amide bonds. The van der Waals surface area contributed by atoms with E-state index in [2.05, 4.69) is 0 Å². The van der Waals surface area contributed by atoms with Gasteiger partial charge in [0.25, 0.3) is 0 Å². The first-order valence-corrected chi connectivity index (χ1v) is 9.18. The maximum Gasteiger partial charge on any atom is 0.342 e. The maximum atomic E-state index is 12.2. The summed E-state index contributed by atoms with van der Waals surface area (Å²) < 4.78 is 10.5. The van der Waals surface area contributed by atoms with Crippen LogP contribution in [0.5, 0.6) is 5.75 Å². The van der Waals surface area contributed by atoms with Gasteiger partial charge in [0.05, 0.1) is 13.7 Å². The van der Waals surface area contributed by atoms with Crippen LogP contribution in [0.4, 0.5) is 0 Å². The quantitative estimate of drug-likeness (QED) is 0.425. The third-order valence-corrected chi connectivity index (χ3v) is 4.17. The largest absolute Gasteiger partial charge is 0.496 e. The number of hydrogen-bond acceptors (Lipinski definition) is 4. The molecule has 0 saturated carbocycles. The van der Waals surface area contributed by atoms with Crippen molar-refractivity contribution in [2.45, 2.75) is 64.7 Å². The Kier molecular flexibility index (Phi) is 10.9. The van der Waals surface area contributed by atoms with E-state index in [0.717, 1.165) is 31.2 Å². The molecule has 0 saturated heterocycles. The van der Waals surface area contributed by atoms with Gasteiger partial charge >= 0.3 is 5.97 Å². The Balaban J connectivity index is 2.40. The highest BCUT2D eigenvalue weighted by molar-refractivity contribution is 5.94. The van der Waals surface area contributed by atoms with E-state index in [0.29, 0.717) is 24.5 Å². The number of carbonyl (C=O) groups is 1. The lowest BCUT2D eigenvalue weighted by atomic mass is 9.99. The first-order valence-electron chi connectivity index (χ1n) is 9.18. The minimum atomic E-state index is -0.297. The summed E-state index contributed by atoms with van der Waals surface area (Å²) in [5, 5.41) is 8.74. The Bertz CT molecular complexity index is 471. The van der Waals surface area contributed by atoms with Crippen LogP contribution in [0.3, 0.4) is 0 Å². The molecule has 0 aromatic heterocycles. The fraction of sp³-hybridized carbons (Fsp3) is 0.650. The van der Waals surface area contributed by atoms with Gasteiger partial charge in [0.15, 0.2) is 0 Å². The molecular formula is C20H32O4. The van der Waals surface area contributed by atoms with Crippen molar-refractivity contribution in [2.24, 2.45) is 0 Å². The van der Waals surface area contributed by atoms with Crippen LogP contribution < -0.4 is 4.74 Å². The summed E-state index contributed by atoms with van der Waals surface area (Å²) >= 11 is 0. The van der Waals surface area contributed by atoms with Crippen LogP contribution in [0, 0.1) is 0 Å². The van der Waals surface area contributed by atoms with Crippen molar-refractivity contribution in [3.63, 3.8) is 0 Å². The summed E-state index contributed by atoms with van der Waals surface area (Å²) in [7, 11) is 1.58. The number of aliphatic hydroxyl groups is 1. The monoisotopic (exact) mass is 336 g/mol. The minimum absolute atomic E-state index is 0.297. The number of rotatable bonds is 13. The fourth-order valence-electron chi connectivity index (χ4n) is 2.88. The molecule has 1 rings (SSSR count). The highest BCUT2D eigenvalue weighted by atomic mass is 16.5. The van der Waals surface area contributed by atoms with Gasteiger partial charge < -0.3 is 14.6 Å². The van der Waals surface area contributed by atoms with Crippen LogP contribution in [0.15, 0.2) is 18.2 Å². The Morgan fingerprint density at radius 2 is 1.62 bits per heavy atom. The Morgan fingerprint density at radius 3 is 2.21 bits per heavy atom. The first-order chi connectivity index (χ1) is 11.7. The third kappa shape index (κ3) is 7.35. The highest BCUT2D eigenvalue weighted by Crippen LogP contribution is 2.25. The van der Waals surface area contributed by atoms with E-state index in [1.54, 1.807) is 7.11 Å². The summed E-state index contributed by atoms with van der Waals surface area (Å²) in [6.45, 7) is 2.49. The van der Waals surface area contributed by atoms with Gasteiger partial charge in [-0.1, -0.05) is 50.7 Å².